The molecule has 0 bridgehead atoms. The summed E-state index contributed by atoms with van der Waals surface area (Å²) in [4.78, 5) is 11.9. The molecule has 20 heavy (non-hydrogen) atoms. The molecule has 0 radical (unpaired) electrons. The Balaban J connectivity index is 0.00000200. The molecular weight excluding hydrogens is 313 g/mol. The average molecular weight is 327 g/mol. The largest absolute Gasteiger partial charge is 0.446 e. The highest BCUT2D eigenvalue weighted by Gasteiger charge is 2.31. The summed E-state index contributed by atoms with van der Waals surface area (Å²) in [7, 11) is 0. The minimum absolute atomic E-state index is 0. The topological polar surface area (TPSA) is 41.1 Å². The van der Waals surface area contributed by atoms with E-state index in [4.69, 9.17) is 0 Å². The van der Waals surface area contributed by atoms with Crippen LogP contribution >= 0.6 is 24.2 Å². The van der Waals surface area contributed by atoms with Crippen molar-refractivity contribution in [3.63, 3.8) is 0 Å². The van der Waals surface area contributed by atoms with E-state index < -0.39 is 5.51 Å². The smallest absolute Gasteiger partial charge is 0.325 e. The molecule has 1 fully saturated rings. The Morgan fingerprint density at radius 2 is 2.05 bits per heavy atom. The zero-order chi connectivity index (χ0) is 13.9. The van der Waals surface area contributed by atoms with Crippen molar-refractivity contribution in [1.82, 2.24) is 5.32 Å². The Bertz CT molecular complexity index is 464. The van der Waals surface area contributed by atoms with Gasteiger partial charge >= 0.3 is 5.51 Å². The highest BCUT2D eigenvalue weighted by Crippen LogP contribution is 2.40. The number of rotatable bonds is 3. The quantitative estimate of drug-likeness (QED) is 0.838. The summed E-state index contributed by atoms with van der Waals surface area (Å²) in [5.41, 5.74) is -4.16. The highest BCUT2D eigenvalue weighted by molar-refractivity contribution is 8.00. The lowest BCUT2D eigenvalue weighted by molar-refractivity contribution is -0.119. The molecule has 1 heterocycles. The lowest BCUT2D eigenvalue weighted by Gasteiger charge is -2.14. The summed E-state index contributed by atoms with van der Waals surface area (Å²) < 4.78 is 37.2. The molecule has 112 valence electrons. The first-order valence-electron chi connectivity index (χ1n) is 5.82. The van der Waals surface area contributed by atoms with Gasteiger partial charge in [-0.3, -0.25) is 4.79 Å². The lowest BCUT2D eigenvalue weighted by Crippen LogP contribution is -2.24. The van der Waals surface area contributed by atoms with Gasteiger partial charge in [-0.2, -0.15) is 13.2 Å². The summed E-state index contributed by atoms with van der Waals surface area (Å²) in [5.74, 6) is -0.413. The molecule has 1 amide bonds. The van der Waals surface area contributed by atoms with Crippen LogP contribution in [0.1, 0.15) is 6.42 Å². The Hall–Kier alpha value is -0.920. The van der Waals surface area contributed by atoms with Gasteiger partial charge in [-0.15, -0.1) is 12.4 Å². The molecule has 0 saturated carbocycles. The van der Waals surface area contributed by atoms with Crippen LogP contribution in [0.5, 0.6) is 0 Å². The van der Waals surface area contributed by atoms with E-state index in [2.05, 4.69) is 10.6 Å². The first-order chi connectivity index (χ1) is 8.96. The third-order valence-corrected chi connectivity index (χ3v) is 3.61. The number of para-hydroxylation sites is 1. The molecule has 1 unspecified atom stereocenters. The summed E-state index contributed by atoms with van der Waals surface area (Å²) >= 11 is -0.218. The van der Waals surface area contributed by atoms with Crippen molar-refractivity contribution in [2.45, 2.75) is 16.8 Å². The maximum absolute atomic E-state index is 12.4. The van der Waals surface area contributed by atoms with E-state index in [1.54, 1.807) is 6.07 Å². The molecule has 0 aliphatic carbocycles. The number of alkyl halides is 3. The second kappa shape index (κ2) is 7.19. The van der Waals surface area contributed by atoms with Crippen molar-refractivity contribution in [3.05, 3.63) is 24.3 Å². The third kappa shape index (κ3) is 4.88. The fourth-order valence-corrected chi connectivity index (χ4v) is 2.52. The Kier molecular flexibility index (Phi) is 6.16. The maximum Gasteiger partial charge on any atom is 0.446 e. The molecule has 1 atom stereocenters. The van der Waals surface area contributed by atoms with Gasteiger partial charge in [0.2, 0.25) is 5.91 Å². The van der Waals surface area contributed by atoms with E-state index in [1.165, 1.54) is 18.2 Å². The SMILES string of the molecule is Cl.O=C(Nc1ccccc1SC(F)(F)F)C1CCNC1. The molecule has 0 spiro atoms. The summed E-state index contributed by atoms with van der Waals surface area (Å²) in [5, 5.41) is 5.62. The van der Waals surface area contributed by atoms with Crippen LogP contribution in [-0.2, 0) is 4.79 Å². The minimum Gasteiger partial charge on any atom is -0.325 e. The molecule has 1 aromatic rings. The Morgan fingerprint density at radius 3 is 2.65 bits per heavy atom. The molecular formula is C12H14ClF3N2OS. The summed E-state index contributed by atoms with van der Waals surface area (Å²) in [6, 6.07) is 5.94. The number of carbonyl (C=O) groups excluding carboxylic acids is 1. The molecule has 8 heteroatoms. The van der Waals surface area contributed by atoms with Crippen LogP contribution in [0.15, 0.2) is 29.2 Å². The van der Waals surface area contributed by atoms with Crippen LogP contribution in [-0.4, -0.2) is 24.5 Å². The van der Waals surface area contributed by atoms with Gasteiger partial charge < -0.3 is 10.6 Å². The standard InChI is InChI=1S/C12H13F3N2OS.ClH/c13-12(14,15)19-10-4-2-1-3-9(10)17-11(18)8-5-6-16-7-8;/h1-4,8,16H,5-7H2,(H,17,18);1H. The number of carbonyl (C=O) groups is 1. The van der Waals surface area contributed by atoms with E-state index in [9.17, 15) is 18.0 Å². The van der Waals surface area contributed by atoms with Gasteiger partial charge in [0.15, 0.2) is 0 Å². The summed E-state index contributed by atoms with van der Waals surface area (Å²) in [6.45, 7) is 1.33. The second-order valence-electron chi connectivity index (χ2n) is 4.22. The number of nitrogens with one attached hydrogen (secondary N) is 2. The van der Waals surface area contributed by atoms with Crippen molar-refractivity contribution in [1.29, 1.82) is 0 Å². The molecule has 1 saturated heterocycles. The normalized spacial score (nSPS) is 18.4. The Labute approximate surface area is 125 Å². The number of amides is 1. The van der Waals surface area contributed by atoms with Gasteiger partial charge in [0.05, 0.1) is 11.6 Å². The van der Waals surface area contributed by atoms with Gasteiger partial charge in [0.25, 0.3) is 0 Å². The van der Waals surface area contributed by atoms with Crippen molar-refractivity contribution < 1.29 is 18.0 Å². The minimum atomic E-state index is -4.37. The number of thioether (sulfide) groups is 1. The highest BCUT2D eigenvalue weighted by atomic mass is 35.5. The fraction of sp³-hybridized carbons (Fsp3) is 0.417. The second-order valence-corrected chi connectivity index (χ2v) is 5.33. The van der Waals surface area contributed by atoms with Crippen LogP contribution < -0.4 is 10.6 Å². The third-order valence-electron chi connectivity index (χ3n) is 2.80. The van der Waals surface area contributed by atoms with E-state index >= 15 is 0 Å². The van der Waals surface area contributed by atoms with Crippen LogP contribution in [0.2, 0.25) is 0 Å². The fourth-order valence-electron chi connectivity index (χ4n) is 1.90. The Morgan fingerprint density at radius 1 is 1.35 bits per heavy atom. The van der Waals surface area contributed by atoms with Crippen LogP contribution in [0.3, 0.4) is 0 Å². The van der Waals surface area contributed by atoms with Crippen LogP contribution in [0.4, 0.5) is 18.9 Å². The van der Waals surface area contributed by atoms with E-state index in [1.807, 2.05) is 0 Å². The van der Waals surface area contributed by atoms with Crippen molar-refractivity contribution >= 4 is 35.8 Å². The van der Waals surface area contributed by atoms with Gasteiger partial charge in [-0.05, 0) is 36.9 Å². The number of halogens is 4. The van der Waals surface area contributed by atoms with Crippen molar-refractivity contribution in [2.75, 3.05) is 18.4 Å². The first kappa shape index (κ1) is 17.1. The molecule has 1 aliphatic heterocycles. The molecule has 1 aliphatic rings. The molecule has 2 N–H and O–H groups in total. The number of hydrogen-bond acceptors (Lipinski definition) is 3. The number of anilines is 1. The van der Waals surface area contributed by atoms with Gasteiger partial charge in [-0.1, -0.05) is 12.1 Å². The predicted octanol–water partition coefficient (Wildman–Crippen LogP) is 3.27. The van der Waals surface area contributed by atoms with Crippen molar-refractivity contribution in [2.24, 2.45) is 5.92 Å². The van der Waals surface area contributed by atoms with E-state index in [-0.39, 0.29) is 46.6 Å². The van der Waals surface area contributed by atoms with Gasteiger partial charge in [-0.25, -0.2) is 0 Å². The first-order valence-corrected chi connectivity index (χ1v) is 6.64. The van der Waals surface area contributed by atoms with Crippen LogP contribution in [0, 0.1) is 5.92 Å². The van der Waals surface area contributed by atoms with Crippen LogP contribution in [0.25, 0.3) is 0 Å². The predicted molar refractivity (Wildman–Crippen MR) is 75.2 cm³/mol. The summed E-state index contributed by atoms with van der Waals surface area (Å²) in [6.07, 6.45) is 0.709. The molecule has 0 aromatic heterocycles. The lowest BCUT2D eigenvalue weighted by atomic mass is 10.1. The number of benzene rings is 1. The monoisotopic (exact) mass is 326 g/mol. The van der Waals surface area contributed by atoms with Gasteiger partial charge in [0, 0.05) is 11.4 Å². The van der Waals surface area contributed by atoms with E-state index in [0.29, 0.717) is 13.0 Å². The average Bonchev–Trinajstić information content (AvgIpc) is 2.83. The zero-order valence-corrected chi connectivity index (χ0v) is 12.0. The van der Waals surface area contributed by atoms with E-state index in [0.717, 1.165) is 6.54 Å². The maximum atomic E-state index is 12.4. The molecule has 1 aromatic carbocycles. The number of hydrogen-bond donors (Lipinski definition) is 2. The van der Waals surface area contributed by atoms with Gasteiger partial charge in [0.1, 0.15) is 0 Å². The van der Waals surface area contributed by atoms with Crippen molar-refractivity contribution in [3.8, 4) is 0 Å². The molecule has 2 rings (SSSR count). The zero-order valence-electron chi connectivity index (χ0n) is 10.4. The molecule has 3 nitrogen and oxygen atoms in total.